The van der Waals surface area contributed by atoms with Crippen LogP contribution in [0.1, 0.15) is 22.3 Å². The molecule has 2 aromatic carbocycles. The molecule has 0 aliphatic heterocycles. The van der Waals surface area contributed by atoms with Crippen molar-refractivity contribution in [3.8, 4) is 0 Å². The minimum atomic E-state index is -0.377. The van der Waals surface area contributed by atoms with Gasteiger partial charge in [-0.3, -0.25) is 0 Å². The molecule has 0 bridgehead atoms. The molecule has 1 heterocycles. The lowest BCUT2D eigenvalue weighted by Crippen LogP contribution is -2.18. The first-order valence-electron chi connectivity index (χ1n) is 8.27. The molecule has 3 aromatic rings. The van der Waals surface area contributed by atoms with Gasteiger partial charge in [-0.15, -0.1) is 0 Å². The Balaban J connectivity index is 1.60. The van der Waals surface area contributed by atoms with Gasteiger partial charge in [0.25, 0.3) is 0 Å². The molecule has 1 atom stereocenters. The van der Waals surface area contributed by atoms with Gasteiger partial charge in [-0.05, 0) is 55.2 Å². The summed E-state index contributed by atoms with van der Waals surface area (Å²) in [5.74, 6) is 1.66. The zero-order chi connectivity index (χ0) is 17.1. The minimum absolute atomic E-state index is 0.377. The number of aliphatic hydroxyl groups is 1. The number of fused-ring (bicyclic) bond motifs is 1. The van der Waals surface area contributed by atoms with E-state index in [0.717, 1.165) is 22.5 Å². The van der Waals surface area contributed by atoms with E-state index in [1.165, 1.54) is 22.3 Å². The summed E-state index contributed by atoms with van der Waals surface area (Å²) in [6.45, 7) is 6.93. The number of nitrogens with zero attached hydrogens (tertiary/aromatic N) is 2. The summed E-state index contributed by atoms with van der Waals surface area (Å²) in [6, 6.07) is 12.7. The lowest BCUT2D eigenvalue weighted by molar-refractivity contribution is 0.179. The van der Waals surface area contributed by atoms with Gasteiger partial charge in [0.1, 0.15) is 0 Å². The maximum Gasteiger partial charge on any atom is 0.0959 e. The fourth-order valence-electron chi connectivity index (χ4n) is 2.82. The molecule has 126 valence electrons. The van der Waals surface area contributed by atoms with Gasteiger partial charge in [-0.25, -0.2) is 4.98 Å². The van der Waals surface area contributed by atoms with Crippen LogP contribution in [0.15, 0.2) is 42.7 Å². The second kappa shape index (κ2) is 7.41. The summed E-state index contributed by atoms with van der Waals surface area (Å²) in [4.78, 5) is 4.46. The van der Waals surface area contributed by atoms with Crippen LogP contribution in [0.3, 0.4) is 0 Å². The maximum atomic E-state index is 10.4. The topological polar surface area (TPSA) is 38.0 Å². The quantitative estimate of drug-likeness (QED) is 0.729. The van der Waals surface area contributed by atoms with E-state index in [1.807, 2.05) is 6.33 Å². The van der Waals surface area contributed by atoms with E-state index in [-0.39, 0.29) is 6.10 Å². The molecule has 3 rings (SSSR count). The minimum Gasteiger partial charge on any atom is -0.390 e. The predicted octanol–water partition coefficient (Wildman–Crippen LogP) is 4.26. The van der Waals surface area contributed by atoms with Gasteiger partial charge in [0.2, 0.25) is 0 Å². The highest BCUT2D eigenvalue weighted by atomic mass is 32.2. The average molecular weight is 340 g/mol. The molecule has 0 aliphatic carbocycles. The molecular weight excluding hydrogens is 316 g/mol. The zero-order valence-electron chi connectivity index (χ0n) is 14.5. The summed E-state index contributed by atoms with van der Waals surface area (Å²) in [6.07, 6.45) is 1.46. The van der Waals surface area contributed by atoms with Crippen molar-refractivity contribution >= 4 is 22.8 Å². The van der Waals surface area contributed by atoms with Crippen LogP contribution in [0.25, 0.3) is 11.0 Å². The van der Waals surface area contributed by atoms with E-state index in [1.54, 1.807) is 11.8 Å². The predicted molar refractivity (Wildman–Crippen MR) is 103 cm³/mol. The molecule has 3 nitrogen and oxygen atoms in total. The van der Waals surface area contributed by atoms with Gasteiger partial charge in [0.05, 0.1) is 30.0 Å². The van der Waals surface area contributed by atoms with Crippen molar-refractivity contribution in [2.45, 2.75) is 39.2 Å². The van der Waals surface area contributed by atoms with E-state index in [2.05, 4.69) is 66.7 Å². The van der Waals surface area contributed by atoms with Gasteiger partial charge in [0.15, 0.2) is 0 Å². The molecular formula is C20H24N2OS. The van der Waals surface area contributed by atoms with Gasteiger partial charge in [-0.2, -0.15) is 11.8 Å². The standard InChI is InChI=1S/C20H24N2OS/c1-14-6-4-5-7-17(14)11-24-12-18(23)10-22-13-21-19-8-15(2)16(3)9-20(19)22/h4-9,13,18,23H,10-12H2,1-3H3. The van der Waals surface area contributed by atoms with Crippen molar-refractivity contribution < 1.29 is 5.11 Å². The van der Waals surface area contributed by atoms with Gasteiger partial charge >= 0.3 is 0 Å². The van der Waals surface area contributed by atoms with Gasteiger partial charge in [-0.1, -0.05) is 24.3 Å². The van der Waals surface area contributed by atoms with E-state index < -0.39 is 0 Å². The molecule has 1 N–H and O–H groups in total. The molecule has 4 heteroatoms. The monoisotopic (exact) mass is 340 g/mol. The number of aryl methyl sites for hydroxylation is 3. The highest BCUT2D eigenvalue weighted by molar-refractivity contribution is 7.98. The first kappa shape index (κ1) is 17.1. The van der Waals surface area contributed by atoms with Crippen LogP contribution < -0.4 is 0 Å². The smallest absolute Gasteiger partial charge is 0.0959 e. The molecule has 0 fully saturated rings. The highest BCUT2D eigenvalue weighted by Gasteiger charge is 2.10. The normalized spacial score (nSPS) is 12.7. The first-order valence-corrected chi connectivity index (χ1v) is 9.42. The van der Waals surface area contributed by atoms with Gasteiger partial charge in [0, 0.05) is 11.5 Å². The van der Waals surface area contributed by atoms with Crippen molar-refractivity contribution in [3.05, 3.63) is 65.0 Å². The number of benzene rings is 2. The Kier molecular flexibility index (Phi) is 5.27. The molecule has 0 spiro atoms. The Morgan fingerprint density at radius 1 is 1.08 bits per heavy atom. The number of thioether (sulfide) groups is 1. The summed E-state index contributed by atoms with van der Waals surface area (Å²) in [5, 5.41) is 10.4. The Bertz CT molecular complexity index is 841. The zero-order valence-corrected chi connectivity index (χ0v) is 15.3. The van der Waals surface area contributed by atoms with Gasteiger partial charge < -0.3 is 9.67 Å². The Labute approximate surface area is 147 Å². The van der Waals surface area contributed by atoms with Crippen LogP contribution in [0.5, 0.6) is 0 Å². The van der Waals surface area contributed by atoms with Crippen LogP contribution in [-0.2, 0) is 12.3 Å². The molecule has 1 unspecified atom stereocenters. The van der Waals surface area contributed by atoms with Crippen LogP contribution in [0, 0.1) is 20.8 Å². The van der Waals surface area contributed by atoms with Crippen LogP contribution in [-0.4, -0.2) is 26.5 Å². The molecule has 24 heavy (non-hydrogen) atoms. The molecule has 0 saturated heterocycles. The fraction of sp³-hybridized carbons (Fsp3) is 0.350. The molecule has 0 saturated carbocycles. The number of rotatable bonds is 6. The maximum absolute atomic E-state index is 10.4. The van der Waals surface area contributed by atoms with Crippen molar-refractivity contribution in [2.24, 2.45) is 0 Å². The fourth-order valence-corrected chi connectivity index (χ4v) is 3.85. The molecule has 0 radical (unpaired) electrons. The Morgan fingerprint density at radius 3 is 2.62 bits per heavy atom. The number of aromatic nitrogens is 2. The van der Waals surface area contributed by atoms with E-state index in [0.29, 0.717) is 6.54 Å². The number of hydrogen-bond acceptors (Lipinski definition) is 3. The summed E-state index contributed by atoms with van der Waals surface area (Å²) in [5.41, 5.74) is 7.26. The molecule has 0 amide bonds. The van der Waals surface area contributed by atoms with Crippen LogP contribution >= 0.6 is 11.8 Å². The first-order chi connectivity index (χ1) is 11.5. The average Bonchev–Trinajstić information content (AvgIpc) is 2.92. The lowest BCUT2D eigenvalue weighted by Gasteiger charge is -2.13. The summed E-state index contributed by atoms with van der Waals surface area (Å²) in [7, 11) is 0. The van der Waals surface area contributed by atoms with Crippen molar-refractivity contribution in [2.75, 3.05) is 5.75 Å². The number of imidazole rings is 1. The Morgan fingerprint density at radius 2 is 1.83 bits per heavy atom. The third-order valence-corrected chi connectivity index (χ3v) is 5.61. The number of hydrogen-bond donors (Lipinski definition) is 1. The van der Waals surface area contributed by atoms with Crippen molar-refractivity contribution in [3.63, 3.8) is 0 Å². The van der Waals surface area contributed by atoms with E-state index >= 15 is 0 Å². The van der Waals surface area contributed by atoms with Crippen molar-refractivity contribution in [1.82, 2.24) is 9.55 Å². The molecule has 0 aliphatic rings. The lowest BCUT2D eigenvalue weighted by atomic mass is 10.1. The summed E-state index contributed by atoms with van der Waals surface area (Å²) >= 11 is 1.78. The van der Waals surface area contributed by atoms with E-state index in [9.17, 15) is 5.11 Å². The van der Waals surface area contributed by atoms with Crippen LogP contribution in [0.2, 0.25) is 0 Å². The summed E-state index contributed by atoms with van der Waals surface area (Å²) < 4.78 is 2.06. The van der Waals surface area contributed by atoms with E-state index in [4.69, 9.17) is 0 Å². The third-order valence-electron chi connectivity index (χ3n) is 4.47. The van der Waals surface area contributed by atoms with Crippen molar-refractivity contribution in [1.29, 1.82) is 0 Å². The SMILES string of the molecule is Cc1cc2ncn(CC(O)CSCc3ccccc3C)c2cc1C. The largest absolute Gasteiger partial charge is 0.390 e. The third kappa shape index (κ3) is 3.82. The molecule has 1 aromatic heterocycles. The number of aliphatic hydroxyl groups excluding tert-OH is 1. The highest BCUT2D eigenvalue weighted by Crippen LogP contribution is 2.20. The second-order valence-corrected chi connectivity index (χ2v) is 7.45. The van der Waals surface area contributed by atoms with Crippen LogP contribution in [0.4, 0.5) is 0 Å². The Hall–Kier alpha value is -1.78. The second-order valence-electron chi connectivity index (χ2n) is 6.42.